The predicted molar refractivity (Wildman–Crippen MR) is 85.4 cm³/mol. The van der Waals surface area contributed by atoms with Gasteiger partial charge in [-0.05, 0) is 36.0 Å². The van der Waals surface area contributed by atoms with Crippen molar-refractivity contribution in [3.05, 3.63) is 35.9 Å². The molecule has 112 valence electrons. The van der Waals surface area contributed by atoms with Crippen molar-refractivity contribution in [2.24, 2.45) is 23.2 Å². The molecule has 1 saturated heterocycles. The van der Waals surface area contributed by atoms with E-state index >= 15 is 0 Å². The Morgan fingerprint density at radius 3 is 2.71 bits per heavy atom. The molecule has 1 heterocycles. The van der Waals surface area contributed by atoms with Gasteiger partial charge in [0, 0.05) is 10.8 Å². The van der Waals surface area contributed by atoms with Gasteiger partial charge in [-0.25, -0.2) is 0 Å². The van der Waals surface area contributed by atoms with Crippen LogP contribution in [0, 0.1) is 23.2 Å². The zero-order valence-corrected chi connectivity index (χ0v) is 13.4. The molecule has 2 bridgehead atoms. The van der Waals surface area contributed by atoms with Gasteiger partial charge in [0.1, 0.15) is 0 Å². The number of carbonyl (C=O) groups is 1. The number of hydrogen-bond acceptors (Lipinski definition) is 3. The van der Waals surface area contributed by atoms with E-state index in [2.05, 4.69) is 13.8 Å². The number of ether oxygens (including phenoxy) is 1. The highest BCUT2D eigenvalue weighted by Gasteiger charge is 2.59. The zero-order valence-electron chi connectivity index (χ0n) is 12.6. The van der Waals surface area contributed by atoms with E-state index in [1.165, 1.54) is 12.8 Å². The van der Waals surface area contributed by atoms with Gasteiger partial charge in [-0.2, -0.15) is 0 Å². The van der Waals surface area contributed by atoms with E-state index in [1.807, 2.05) is 30.3 Å². The van der Waals surface area contributed by atoms with Crippen LogP contribution in [0.4, 0.5) is 0 Å². The first kappa shape index (κ1) is 13.8. The van der Waals surface area contributed by atoms with Crippen LogP contribution in [0.25, 0.3) is 0 Å². The van der Waals surface area contributed by atoms with Gasteiger partial charge < -0.3 is 4.74 Å². The number of ketones is 1. The molecule has 1 aromatic rings. The van der Waals surface area contributed by atoms with Crippen LogP contribution < -0.4 is 0 Å². The second-order valence-electron chi connectivity index (χ2n) is 7.33. The van der Waals surface area contributed by atoms with Crippen molar-refractivity contribution in [1.82, 2.24) is 0 Å². The standard InChI is InChI=1S/C18H22O2S/c1-18(2)12-8-14(18)13-10-20-17(21-15(13)9-12)16(19)11-6-4-3-5-7-11/h3-7,12-15,17H,8-10H2,1-2H3/t12-,13+,14+,15+,17-/m1/s1. The summed E-state index contributed by atoms with van der Waals surface area (Å²) in [4.78, 5) is 12.5. The molecule has 1 aromatic carbocycles. The van der Waals surface area contributed by atoms with Gasteiger partial charge in [0.05, 0.1) is 6.61 Å². The molecule has 1 aliphatic heterocycles. The first-order valence-corrected chi connectivity index (χ1v) is 8.88. The maximum absolute atomic E-state index is 12.5. The van der Waals surface area contributed by atoms with Crippen molar-refractivity contribution in [1.29, 1.82) is 0 Å². The van der Waals surface area contributed by atoms with Crippen molar-refractivity contribution in [2.75, 3.05) is 6.61 Å². The minimum Gasteiger partial charge on any atom is -0.359 e. The van der Waals surface area contributed by atoms with Crippen LogP contribution in [0.15, 0.2) is 30.3 Å². The third kappa shape index (κ3) is 2.08. The quantitative estimate of drug-likeness (QED) is 0.772. The molecule has 3 heteroatoms. The smallest absolute Gasteiger partial charge is 0.201 e. The van der Waals surface area contributed by atoms with Crippen molar-refractivity contribution in [3.63, 3.8) is 0 Å². The monoisotopic (exact) mass is 302 g/mol. The minimum absolute atomic E-state index is 0.137. The average Bonchev–Trinajstić information content (AvgIpc) is 2.53. The fourth-order valence-corrected chi connectivity index (χ4v) is 6.10. The molecule has 3 saturated carbocycles. The molecule has 5 rings (SSSR count). The SMILES string of the molecule is CC1(C)[C@H]2C[C@@H]3S[C@H](C(=O)c4ccccc4)OC[C@H]3[C@@H]1C2. The Morgan fingerprint density at radius 1 is 1.24 bits per heavy atom. The first-order valence-electron chi connectivity index (χ1n) is 7.93. The minimum atomic E-state index is -0.297. The highest BCUT2D eigenvalue weighted by atomic mass is 32.2. The van der Waals surface area contributed by atoms with Crippen LogP contribution in [0.3, 0.4) is 0 Å². The summed E-state index contributed by atoms with van der Waals surface area (Å²) in [6.45, 7) is 5.59. The van der Waals surface area contributed by atoms with Crippen LogP contribution in [0.1, 0.15) is 37.0 Å². The van der Waals surface area contributed by atoms with Gasteiger partial charge >= 0.3 is 0 Å². The summed E-state index contributed by atoms with van der Waals surface area (Å²) >= 11 is 1.78. The molecular formula is C18H22O2S. The molecule has 21 heavy (non-hydrogen) atoms. The molecule has 0 spiro atoms. The Balaban J connectivity index is 1.48. The summed E-state index contributed by atoms with van der Waals surface area (Å²) in [5.74, 6) is 2.43. The second-order valence-corrected chi connectivity index (χ2v) is 8.64. The van der Waals surface area contributed by atoms with E-state index in [0.29, 0.717) is 16.6 Å². The lowest BCUT2D eigenvalue weighted by molar-refractivity contribution is -0.125. The van der Waals surface area contributed by atoms with E-state index in [1.54, 1.807) is 11.8 Å². The van der Waals surface area contributed by atoms with Crippen LogP contribution >= 0.6 is 11.8 Å². The normalized spacial score (nSPS) is 40.0. The van der Waals surface area contributed by atoms with E-state index in [4.69, 9.17) is 4.74 Å². The number of thioether (sulfide) groups is 1. The van der Waals surface area contributed by atoms with E-state index in [9.17, 15) is 4.79 Å². The Labute approximate surface area is 130 Å². The van der Waals surface area contributed by atoms with Crippen molar-refractivity contribution in [2.45, 2.75) is 37.4 Å². The molecule has 4 fully saturated rings. The van der Waals surface area contributed by atoms with Crippen LogP contribution in [-0.4, -0.2) is 23.1 Å². The van der Waals surface area contributed by atoms with Crippen LogP contribution in [-0.2, 0) is 4.74 Å². The van der Waals surface area contributed by atoms with Gasteiger partial charge in [0.25, 0.3) is 0 Å². The topological polar surface area (TPSA) is 26.3 Å². The van der Waals surface area contributed by atoms with Gasteiger partial charge in [0.15, 0.2) is 5.44 Å². The molecule has 4 aliphatic rings. The average molecular weight is 302 g/mol. The zero-order chi connectivity index (χ0) is 14.6. The second kappa shape index (κ2) is 4.85. The molecule has 5 atom stereocenters. The summed E-state index contributed by atoms with van der Waals surface area (Å²) < 4.78 is 5.97. The van der Waals surface area contributed by atoms with Crippen molar-refractivity contribution >= 4 is 17.5 Å². The molecule has 0 amide bonds. The lowest BCUT2D eigenvalue weighted by Gasteiger charge is -2.63. The summed E-state index contributed by atoms with van der Waals surface area (Å²) in [5, 5.41) is 0.619. The lowest BCUT2D eigenvalue weighted by atomic mass is 9.45. The third-order valence-electron chi connectivity index (χ3n) is 6.07. The first-order chi connectivity index (χ1) is 10.1. The molecule has 0 radical (unpaired) electrons. The molecule has 2 nitrogen and oxygen atoms in total. The molecule has 0 N–H and O–H groups in total. The highest BCUT2D eigenvalue weighted by molar-refractivity contribution is 8.01. The van der Waals surface area contributed by atoms with Crippen LogP contribution in [0.5, 0.6) is 0 Å². The Morgan fingerprint density at radius 2 is 2.00 bits per heavy atom. The van der Waals surface area contributed by atoms with Gasteiger partial charge in [-0.15, -0.1) is 11.8 Å². The van der Waals surface area contributed by atoms with Crippen LogP contribution in [0.2, 0.25) is 0 Å². The predicted octanol–water partition coefficient (Wildman–Crippen LogP) is 4.01. The Kier molecular flexibility index (Phi) is 3.20. The van der Waals surface area contributed by atoms with E-state index in [-0.39, 0.29) is 11.2 Å². The largest absolute Gasteiger partial charge is 0.359 e. The Bertz CT molecular complexity index is 554. The molecule has 0 unspecified atom stereocenters. The number of Topliss-reactive ketones (excluding diaryl/α,β-unsaturated/α-hetero) is 1. The van der Waals surface area contributed by atoms with Crippen molar-refractivity contribution < 1.29 is 9.53 Å². The molecule has 0 aromatic heterocycles. The fourth-order valence-electron chi connectivity index (χ4n) is 4.55. The van der Waals surface area contributed by atoms with E-state index in [0.717, 1.165) is 24.0 Å². The molecule has 3 aliphatic carbocycles. The summed E-state index contributed by atoms with van der Waals surface area (Å²) in [5.41, 5.74) is 0.963. The highest BCUT2D eigenvalue weighted by Crippen LogP contribution is 2.64. The number of carbonyl (C=O) groups excluding carboxylic acids is 1. The Hall–Kier alpha value is -0.800. The number of hydrogen-bond donors (Lipinski definition) is 0. The van der Waals surface area contributed by atoms with Gasteiger partial charge in [-0.1, -0.05) is 44.2 Å². The molecular weight excluding hydrogens is 280 g/mol. The van der Waals surface area contributed by atoms with Gasteiger partial charge in [-0.3, -0.25) is 4.79 Å². The lowest BCUT2D eigenvalue weighted by Crippen LogP contribution is -2.59. The van der Waals surface area contributed by atoms with Crippen molar-refractivity contribution in [3.8, 4) is 0 Å². The fraction of sp³-hybridized carbons (Fsp3) is 0.611. The summed E-state index contributed by atoms with van der Waals surface area (Å²) in [7, 11) is 0. The third-order valence-corrected chi connectivity index (χ3v) is 7.56. The maximum atomic E-state index is 12.5. The maximum Gasteiger partial charge on any atom is 0.201 e. The number of benzene rings is 1. The van der Waals surface area contributed by atoms with Gasteiger partial charge in [0.2, 0.25) is 5.78 Å². The van der Waals surface area contributed by atoms with E-state index < -0.39 is 0 Å². The summed E-state index contributed by atoms with van der Waals surface area (Å²) in [6, 6.07) is 9.56. The number of rotatable bonds is 2. The summed E-state index contributed by atoms with van der Waals surface area (Å²) in [6.07, 6.45) is 2.64.